The number of rotatable bonds is 4. The molecule has 0 spiro atoms. The van der Waals surface area contributed by atoms with Crippen molar-refractivity contribution in [1.82, 2.24) is 4.98 Å². The van der Waals surface area contributed by atoms with Gasteiger partial charge >= 0.3 is 0 Å². The third-order valence-corrected chi connectivity index (χ3v) is 5.47. The molecule has 132 valence electrons. The van der Waals surface area contributed by atoms with Gasteiger partial charge in [-0.15, -0.1) is 11.3 Å². The van der Waals surface area contributed by atoms with Crippen molar-refractivity contribution in [1.29, 1.82) is 0 Å². The predicted octanol–water partition coefficient (Wildman–Crippen LogP) is 4.18. The molecule has 26 heavy (non-hydrogen) atoms. The summed E-state index contributed by atoms with van der Waals surface area (Å²) < 4.78 is 10.5. The molecule has 1 aromatic heterocycles. The van der Waals surface area contributed by atoms with Crippen LogP contribution in [0.3, 0.4) is 0 Å². The van der Waals surface area contributed by atoms with Crippen molar-refractivity contribution < 1.29 is 14.3 Å². The van der Waals surface area contributed by atoms with Crippen LogP contribution in [0.1, 0.15) is 20.8 Å². The summed E-state index contributed by atoms with van der Waals surface area (Å²) in [5.74, 6) is 1.32. The first-order valence-corrected chi connectivity index (χ1v) is 9.12. The van der Waals surface area contributed by atoms with Crippen LogP contribution in [0.5, 0.6) is 11.5 Å². The van der Waals surface area contributed by atoms with Gasteiger partial charge in [-0.1, -0.05) is 6.07 Å². The fourth-order valence-electron chi connectivity index (χ4n) is 3.10. The molecular weight excluding hydrogens is 348 g/mol. The van der Waals surface area contributed by atoms with Crippen LogP contribution in [0.2, 0.25) is 0 Å². The molecule has 0 saturated carbocycles. The second kappa shape index (κ2) is 6.80. The lowest BCUT2D eigenvalue weighted by molar-refractivity contribution is 0.102. The number of hydrogen-bond donors (Lipinski definition) is 1. The number of nitrogens with zero attached hydrogens (tertiary/aromatic N) is 1. The first kappa shape index (κ1) is 16.6. The maximum Gasteiger partial charge on any atom is 0.257 e. The van der Waals surface area contributed by atoms with Gasteiger partial charge in [-0.3, -0.25) is 10.1 Å². The monoisotopic (exact) mass is 366 g/mol. The molecular formula is C20H18N2O3S. The summed E-state index contributed by atoms with van der Waals surface area (Å²) >= 11 is 1.54. The van der Waals surface area contributed by atoms with Gasteiger partial charge in [0.05, 0.1) is 19.9 Å². The first-order chi connectivity index (χ1) is 12.7. The smallest absolute Gasteiger partial charge is 0.257 e. The van der Waals surface area contributed by atoms with E-state index < -0.39 is 0 Å². The van der Waals surface area contributed by atoms with Crippen molar-refractivity contribution in [2.24, 2.45) is 0 Å². The third-order valence-electron chi connectivity index (χ3n) is 4.44. The zero-order valence-electron chi connectivity index (χ0n) is 14.5. The molecule has 1 aliphatic rings. The summed E-state index contributed by atoms with van der Waals surface area (Å²) in [4.78, 5) is 18.4. The number of anilines is 1. The molecule has 1 N–H and O–H groups in total. The second-order valence-electron chi connectivity index (χ2n) is 6.00. The largest absolute Gasteiger partial charge is 0.497 e. The van der Waals surface area contributed by atoms with Crippen LogP contribution < -0.4 is 14.8 Å². The van der Waals surface area contributed by atoms with Gasteiger partial charge in [0.2, 0.25) is 0 Å². The van der Waals surface area contributed by atoms with E-state index >= 15 is 0 Å². The number of carbonyl (C=O) groups is 1. The van der Waals surface area contributed by atoms with E-state index in [1.807, 2.05) is 18.2 Å². The van der Waals surface area contributed by atoms with E-state index in [0.29, 0.717) is 16.4 Å². The highest BCUT2D eigenvalue weighted by Crippen LogP contribution is 2.39. The standard InChI is InChI=1S/C20H18N2O3S/c1-24-14-5-3-4-13(11-14)19(23)22-20-21-18-16-8-7-15(25-2)10-12(16)6-9-17(18)26-20/h3-5,7-8,10-11H,6,9H2,1-2H3,(H,21,22,23). The quantitative estimate of drug-likeness (QED) is 0.752. The van der Waals surface area contributed by atoms with Gasteiger partial charge in [0.25, 0.3) is 5.91 Å². The van der Waals surface area contributed by atoms with Crippen molar-refractivity contribution in [2.75, 3.05) is 19.5 Å². The van der Waals surface area contributed by atoms with Crippen LogP contribution in [0, 0.1) is 0 Å². The Kier molecular flexibility index (Phi) is 4.34. The highest BCUT2D eigenvalue weighted by molar-refractivity contribution is 7.16. The molecule has 0 unspecified atom stereocenters. The molecule has 1 heterocycles. The van der Waals surface area contributed by atoms with Crippen molar-refractivity contribution >= 4 is 22.4 Å². The Morgan fingerprint density at radius 3 is 2.69 bits per heavy atom. The van der Waals surface area contributed by atoms with Crippen LogP contribution >= 0.6 is 11.3 Å². The lowest BCUT2D eigenvalue weighted by Crippen LogP contribution is -2.11. The molecule has 1 aliphatic carbocycles. The number of thiazole rings is 1. The molecule has 0 radical (unpaired) electrons. The van der Waals surface area contributed by atoms with Crippen molar-refractivity contribution in [3.63, 3.8) is 0 Å². The minimum absolute atomic E-state index is 0.190. The average Bonchev–Trinajstić information content (AvgIpc) is 3.10. The van der Waals surface area contributed by atoms with Gasteiger partial charge in [-0.25, -0.2) is 4.98 Å². The number of hydrogen-bond acceptors (Lipinski definition) is 5. The van der Waals surface area contributed by atoms with E-state index in [9.17, 15) is 4.79 Å². The summed E-state index contributed by atoms with van der Waals surface area (Å²) in [6.07, 6.45) is 1.87. The van der Waals surface area contributed by atoms with Crippen LogP contribution in [0.4, 0.5) is 5.13 Å². The minimum Gasteiger partial charge on any atom is -0.497 e. The number of aryl methyl sites for hydroxylation is 2. The van der Waals surface area contributed by atoms with E-state index in [1.54, 1.807) is 32.4 Å². The van der Waals surface area contributed by atoms with Gasteiger partial charge in [-0.2, -0.15) is 0 Å². The van der Waals surface area contributed by atoms with Crippen molar-refractivity contribution in [2.45, 2.75) is 12.8 Å². The molecule has 5 nitrogen and oxygen atoms in total. The molecule has 0 bridgehead atoms. The predicted molar refractivity (Wildman–Crippen MR) is 102 cm³/mol. The Morgan fingerprint density at radius 2 is 1.88 bits per heavy atom. The van der Waals surface area contributed by atoms with E-state index in [2.05, 4.69) is 16.4 Å². The molecule has 3 aromatic rings. The number of amides is 1. The minimum atomic E-state index is -0.190. The van der Waals surface area contributed by atoms with Gasteiger partial charge < -0.3 is 9.47 Å². The van der Waals surface area contributed by atoms with Gasteiger partial charge in [0.1, 0.15) is 11.5 Å². The SMILES string of the molecule is COc1cccc(C(=O)Nc2nc3c(s2)CCc2cc(OC)ccc2-3)c1. The topological polar surface area (TPSA) is 60.5 Å². The number of carbonyl (C=O) groups excluding carboxylic acids is 1. The Morgan fingerprint density at radius 1 is 1.08 bits per heavy atom. The number of ether oxygens (including phenoxy) is 2. The van der Waals surface area contributed by atoms with Crippen LogP contribution in [-0.2, 0) is 12.8 Å². The summed E-state index contributed by atoms with van der Waals surface area (Å²) in [7, 11) is 3.25. The highest BCUT2D eigenvalue weighted by atomic mass is 32.1. The van der Waals surface area contributed by atoms with E-state index in [0.717, 1.165) is 29.8 Å². The van der Waals surface area contributed by atoms with E-state index in [1.165, 1.54) is 21.8 Å². The molecule has 1 amide bonds. The number of methoxy groups -OCH3 is 2. The summed E-state index contributed by atoms with van der Waals surface area (Å²) in [5.41, 5.74) is 3.85. The van der Waals surface area contributed by atoms with Gasteiger partial charge in [-0.05, 0) is 54.8 Å². The van der Waals surface area contributed by atoms with Gasteiger partial charge in [0.15, 0.2) is 5.13 Å². The van der Waals surface area contributed by atoms with E-state index in [4.69, 9.17) is 9.47 Å². The van der Waals surface area contributed by atoms with Crippen molar-refractivity contribution in [3.05, 3.63) is 58.5 Å². The zero-order chi connectivity index (χ0) is 18.1. The van der Waals surface area contributed by atoms with Crippen LogP contribution in [0.25, 0.3) is 11.3 Å². The first-order valence-electron chi connectivity index (χ1n) is 8.30. The molecule has 0 saturated heterocycles. The maximum absolute atomic E-state index is 12.5. The summed E-state index contributed by atoms with van der Waals surface area (Å²) in [6, 6.07) is 13.1. The van der Waals surface area contributed by atoms with E-state index in [-0.39, 0.29) is 5.91 Å². The number of aromatic nitrogens is 1. The van der Waals surface area contributed by atoms with Crippen molar-refractivity contribution in [3.8, 4) is 22.8 Å². The molecule has 6 heteroatoms. The average molecular weight is 366 g/mol. The third kappa shape index (κ3) is 3.04. The molecule has 0 atom stereocenters. The zero-order valence-corrected chi connectivity index (χ0v) is 15.4. The highest BCUT2D eigenvalue weighted by Gasteiger charge is 2.22. The Bertz CT molecular complexity index is 981. The number of nitrogens with one attached hydrogen (secondary N) is 1. The van der Waals surface area contributed by atoms with Crippen LogP contribution in [0.15, 0.2) is 42.5 Å². The summed E-state index contributed by atoms with van der Waals surface area (Å²) in [5, 5.41) is 3.53. The van der Waals surface area contributed by atoms with Gasteiger partial charge in [0, 0.05) is 16.0 Å². The lowest BCUT2D eigenvalue weighted by atomic mass is 9.93. The number of benzene rings is 2. The Labute approximate surface area is 155 Å². The fourth-order valence-corrected chi connectivity index (χ4v) is 4.07. The molecule has 0 aliphatic heterocycles. The fraction of sp³-hybridized carbons (Fsp3) is 0.200. The second-order valence-corrected chi connectivity index (χ2v) is 7.08. The molecule has 2 aromatic carbocycles. The Hall–Kier alpha value is -2.86. The summed E-state index contributed by atoms with van der Waals surface area (Å²) in [6.45, 7) is 0. The maximum atomic E-state index is 12.5. The lowest BCUT2D eigenvalue weighted by Gasteiger charge is -2.15. The molecule has 4 rings (SSSR count). The number of fused-ring (bicyclic) bond motifs is 3. The molecule has 0 fully saturated rings. The normalized spacial score (nSPS) is 12.1. The van der Waals surface area contributed by atoms with Crippen LogP contribution in [-0.4, -0.2) is 25.1 Å². The Balaban J connectivity index is 1.60.